The van der Waals surface area contributed by atoms with Crippen molar-refractivity contribution in [1.82, 2.24) is 9.80 Å². The first-order valence-electron chi connectivity index (χ1n) is 14.8. The molecular weight excluding hydrogens is 492 g/mol. The quantitative estimate of drug-likeness (QED) is 0.248. The molecule has 0 spiro atoms. The van der Waals surface area contributed by atoms with Crippen molar-refractivity contribution in [2.45, 2.75) is 76.5 Å². The molecule has 1 saturated heterocycles. The number of hydrogen-bond donors (Lipinski definition) is 2. The number of aromatic hydroxyl groups is 2. The fraction of sp³-hybridized carbons (Fsp3) is 0.625. The molecule has 0 aromatic heterocycles. The van der Waals surface area contributed by atoms with Crippen molar-refractivity contribution in [2.75, 3.05) is 50.8 Å². The van der Waals surface area contributed by atoms with Crippen LogP contribution < -0.4 is 0 Å². The third-order valence-corrected chi connectivity index (χ3v) is 10.4. The minimum atomic E-state index is -0.661. The first-order chi connectivity index (χ1) is 18.4. The standard InChI is InChI=1S/C32H48N2O3S/c1-3-4-7-23-38(37)24-22-34-20-18-33(19-21-34)17-6-5-8-31-30-14-13-29(36)25-26(30)15-16-32(31,2)27-9-11-28(35)12-10-27/h9-14,25,31,35-36H,3-8,15-24H2,1-2H3. The van der Waals surface area contributed by atoms with Crippen molar-refractivity contribution >= 4 is 11.2 Å². The molecule has 4 rings (SSSR count). The van der Waals surface area contributed by atoms with E-state index in [1.165, 1.54) is 42.4 Å². The van der Waals surface area contributed by atoms with E-state index in [1.807, 2.05) is 24.3 Å². The zero-order chi connectivity index (χ0) is 27.0. The Balaban J connectivity index is 1.26. The molecule has 210 valence electrons. The van der Waals surface area contributed by atoms with Crippen LogP contribution in [-0.4, -0.2) is 75.3 Å². The van der Waals surface area contributed by atoms with Gasteiger partial charge in [0, 0.05) is 32.7 Å². The maximum absolute atomic E-state index is 12.2. The molecule has 5 nitrogen and oxygen atoms in total. The van der Waals surface area contributed by atoms with Crippen LogP contribution in [0.3, 0.4) is 0 Å². The molecule has 6 heteroatoms. The number of aryl methyl sites for hydroxylation is 1. The van der Waals surface area contributed by atoms with Gasteiger partial charge in [0.25, 0.3) is 0 Å². The Morgan fingerprint density at radius 2 is 1.55 bits per heavy atom. The van der Waals surface area contributed by atoms with Gasteiger partial charge in [0.1, 0.15) is 23.0 Å². The lowest BCUT2D eigenvalue weighted by atomic mass is 9.60. The highest BCUT2D eigenvalue weighted by atomic mass is 32.2. The second-order valence-corrected chi connectivity index (χ2v) is 13.3. The summed E-state index contributed by atoms with van der Waals surface area (Å²) >= 11 is -0.661. The average Bonchev–Trinajstić information content (AvgIpc) is 2.92. The number of benzene rings is 2. The number of nitrogens with zero attached hydrogens (tertiary/aromatic N) is 2. The summed E-state index contributed by atoms with van der Waals surface area (Å²) in [5.74, 6) is 2.76. The fourth-order valence-electron chi connectivity index (χ4n) is 6.49. The van der Waals surface area contributed by atoms with E-state index >= 15 is 0 Å². The van der Waals surface area contributed by atoms with Crippen LogP contribution >= 0.6 is 0 Å². The van der Waals surface area contributed by atoms with E-state index in [4.69, 9.17) is 0 Å². The zero-order valence-electron chi connectivity index (χ0n) is 23.5. The Kier molecular flexibility index (Phi) is 10.8. The number of hydrogen-bond acceptors (Lipinski definition) is 5. The first kappa shape index (κ1) is 29.3. The van der Waals surface area contributed by atoms with Gasteiger partial charge in [0.05, 0.1) is 0 Å². The molecule has 2 aliphatic rings. The van der Waals surface area contributed by atoms with Gasteiger partial charge in [-0.05, 0) is 97.4 Å². The Labute approximate surface area is 233 Å². The summed E-state index contributed by atoms with van der Waals surface area (Å²) in [6, 6.07) is 13.8. The van der Waals surface area contributed by atoms with E-state index in [2.05, 4.69) is 41.8 Å². The highest BCUT2D eigenvalue weighted by Gasteiger charge is 2.40. The molecular formula is C32H48N2O3S. The minimum Gasteiger partial charge on any atom is -0.616 e. The number of piperazine rings is 1. The van der Waals surface area contributed by atoms with Crippen LogP contribution in [0, 0.1) is 0 Å². The van der Waals surface area contributed by atoms with Crippen LogP contribution in [0.2, 0.25) is 0 Å². The highest BCUT2D eigenvalue weighted by molar-refractivity contribution is 7.91. The highest BCUT2D eigenvalue weighted by Crippen LogP contribution is 2.50. The van der Waals surface area contributed by atoms with E-state index < -0.39 is 11.2 Å². The van der Waals surface area contributed by atoms with Crippen molar-refractivity contribution in [3.63, 3.8) is 0 Å². The number of phenols is 2. The van der Waals surface area contributed by atoms with E-state index in [0.717, 1.165) is 76.5 Å². The molecule has 2 aromatic rings. The van der Waals surface area contributed by atoms with E-state index in [1.54, 1.807) is 0 Å². The van der Waals surface area contributed by atoms with Crippen molar-refractivity contribution in [2.24, 2.45) is 0 Å². The minimum absolute atomic E-state index is 0.0138. The van der Waals surface area contributed by atoms with Crippen LogP contribution in [-0.2, 0) is 23.0 Å². The van der Waals surface area contributed by atoms with E-state index in [9.17, 15) is 14.8 Å². The first-order valence-corrected chi connectivity index (χ1v) is 16.3. The lowest BCUT2D eigenvalue weighted by Gasteiger charge is -2.44. The number of fused-ring (bicyclic) bond motifs is 1. The maximum atomic E-state index is 12.2. The Morgan fingerprint density at radius 3 is 2.26 bits per heavy atom. The van der Waals surface area contributed by atoms with Crippen molar-refractivity contribution < 1.29 is 14.8 Å². The smallest absolute Gasteiger partial charge is 0.118 e. The number of phenolic OH excluding ortho intramolecular Hbond substituents is 2. The third kappa shape index (κ3) is 7.68. The summed E-state index contributed by atoms with van der Waals surface area (Å²) in [6.07, 6.45) is 8.98. The van der Waals surface area contributed by atoms with Gasteiger partial charge in [0.2, 0.25) is 0 Å². The predicted molar refractivity (Wildman–Crippen MR) is 159 cm³/mol. The molecule has 2 N–H and O–H groups in total. The van der Waals surface area contributed by atoms with Crippen LogP contribution in [0.25, 0.3) is 0 Å². The van der Waals surface area contributed by atoms with Crippen molar-refractivity contribution in [3.05, 3.63) is 59.2 Å². The Bertz CT molecular complexity index is 993. The molecule has 2 aromatic carbocycles. The molecule has 1 fully saturated rings. The van der Waals surface area contributed by atoms with E-state index in [0.29, 0.717) is 17.4 Å². The zero-order valence-corrected chi connectivity index (χ0v) is 24.4. The summed E-state index contributed by atoms with van der Waals surface area (Å²) < 4.78 is 12.2. The van der Waals surface area contributed by atoms with Crippen LogP contribution in [0.4, 0.5) is 0 Å². The second kappa shape index (κ2) is 14.1. The molecule has 0 bridgehead atoms. The van der Waals surface area contributed by atoms with Crippen LogP contribution in [0.5, 0.6) is 11.5 Å². The van der Waals surface area contributed by atoms with Gasteiger partial charge in [-0.25, -0.2) is 0 Å². The maximum Gasteiger partial charge on any atom is 0.118 e. The molecule has 0 amide bonds. The van der Waals surface area contributed by atoms with Crippen molar-refractivity contribution in [1.29, 1.82) is 0 Å². The van der Waals surface area contributed by atoms with Gasteiger partial charge in [0.15, 0.2) is 0 Å². The summed E-state index contributed by atoms with van der Waals surface area (Å²) in [6.45, 7) is 11.1. The normalized spacial score (nSPS) is 23.3. The fourth-order valence-corrected chi connectivity index (χ4v) is 7.68. The predicted octanol–water partition coefficient (Wildman–Crippen LogP) is 5.81. The SMILES string of the molecule is CCCCC[S+]([O-])CCN1CCN(CCCCC2c3ccc(O)cc3CCC2(C)c2ccc(O)cc2)CC1. The lowest BCUT2D eigenvalue weighted by Crippen LogP contribution is -2.47. The summed E-state index contributed by atoms with van der Waals surface area (Å²) in [5.41, 5.74) is 3.97. The summed E-state index contributed by atoms with van der Waals surface area (Å²) in [7, 11) is 0. The largest absolute Gasteiger partial charge is 0.616 e. The van der Waals surface area contributed by atoms with E-state index in [-0.39, 0.29) is 5.41 Å². The Morgan fingerprint density at radius 1 is 0.868 bits per heavy atom. The number of rotatable bonds is 13. The van der Waals surface area contributed by atoms with Gasteiger partial charge in [-0.2, -0.15) is 0 Å². The lowest BCUT2D eigenvalue weighted by molar-refractivity contribution is 0.135. The van der Waals surface area contributed by atoms with Crippen LogP contribution in [0.15, 0.2) is 42.5 Å². The molecule has 0 saturated carbocycles. The van der Waals surface area contributed by atoms with Gasteiger partial charge < -0.3 is 19.7 Å². The molecule has 1 heterocycles. The second-order valence-electron chi connectivity index (χ2n) is 11.6. The van der Waals surface area contributed by atoms with Crippen LogP contribution in [0.1, 0.15) is 81.4 Å². The van der Waals surface area contributed by atoms with Gasteiger partial charge in [-0.1, -0.05) is 56.1 Å². The molecule has 38 heavy (non-hydrogen) atoms. The Hall–Kier alpha value is -1.73. The molecule has 3 atom stereocenters. The topological polar surface area (TPSA) is 70.0 Å². The molecule has 1 aliphatic heterocycles. The molecule has 1 aliphatic carbocycles. The summed E-state index contributed by atoms with van der Waals surface area (Å²) in [4.78, 5) is 5.09. The monoisotopic (exact) mass is 540 g/mol. The molecule has 3 unspecified atom stereocenters. The van der Waals surface area contributed by atoms with Gasteiger partial charge >= 0.3 is 0 Å². The number of unbranched alkanes of at least 4 members (excludes halogenated alkanes) is 3. The average molecular weight is 541 g/mol. The molecule has 0 radical (unpaired) electrons. The van der Waals surface area contributed by atoms with Gasteiger partial charge in [-0.15, -0.1) is 0 Å². The summed E-state index contributed by atoms with van der Waals surface area (Å²) in [5, 5.41) is 19.9. The van der Waals surface area contributed by atoms with Gasteiger partial charge in [-0.3, -0.25) is 4.90 Å². The van der Waals surface area contributed by atoms with Crippen molar-refractivity contribution in [3.8, 4) is 11.5 Å². The third-order valence-electron chi connectivity index (χ3n) is 9.00.